The number of rotatable bonds is 4. The van der Waals surface area contributed by atoms with Crippen LogP contribution >= 0.6 is 0 Å². The van der Waals surface area contributed by atoms with Gasteiger partial charge in [0, 0.05) is 18.2 Å². The number of benzene rings is 1. The number of hydrogen-bond acceptors (Lipinski definition) is 5. The van der Waals surface area contributed by atoms with Gasteiger partial charge in [0.25, 0.3) is 5.69 Å². The predicted molar refractivity (Wildman–Crippen MR) is 68.7 cm³/mol. The van der Waals surface area contributed by atoms with E-state index in [1.165, 1.54) is 25.4 Å². The standard InChI is InChI=1S/C13H12N2O4/c1-9-7-10(15(16)17)3-5-12(9)19-11-4-6-13(18-2)14-8-11/h3-8H,1-2H3. The maximum Gasteiger partial charge on any atom is 0.269 e. The number of pyridine rings is 1. The molecule has 0 N–H and O–H groups in total. The van der Waals surface area contributed by atoms with Crippen LogP contribution in [0, 0.1) is 17.0 Å². The van der Waals surface area contributed by atoms with E-state index in [1.54, 1.807) is 25.1 Å². The van der Waals surface area contributed by atoms with E-state index >= 15 is 0 Å². The van der Waals surface area contributed by atoms with Crippen LogP contribution in [0.5, 0.6) is 17.4 Å². The molecule has 0 aliphatic carbocycles. The molecule has 98 valence electrons. The number of nitrogens with zero attached hydrogens (tertiary/aromatic N) is 2. The Hall–Kier alpha value is -2.63. The Bertz CT molecular complexity index is 596. The molecular formula is C13H12N2O4. The van der Waals surface area contributed by atoms with Crippen LogP contribution in [0.15, 0.2) is 36.5 Å². The minimum atomic E-state index is -0.439. The quantitative estimate of drug-likeness (QED) is 0.623. The van der Waals surface area contributed by atoms with E-state index in [0.29, 0.717) is 22.9 Å². The van der Waals surface area contributed by atoms with Crippen molar-refractivity contribution in [2.75, 3.05) is 7.11 Å². The van der Waals surface area contributed by atoms with E-state index in [4.69, 9.17) is 9.47 Å². The summed E-state index contributed by atoms with van der Waals surface area (Å²) in [6, 6.07) is 7.83. The topological polar surface area (TPSA) is 74.5 Å². The molecule has 0 saturated heterocycles. The molecule has 0 saturated carbocycles. The van der Waals surface area contributed by atoms with E-state index < -0.39 is 4.92 Å². The first-order chi connectivity index (χ1) is 9.10. The first-order valence-corrected chi connectivity index (χ1v) is 5.53. The molecule has 0 fully saturated rings. The fraction of sp³-hybridized carbons (Fsp3) is 0.154. The van der Waals surface area contributed by atoms with Gasteiger partial charge in [0.15, 0.2) is 0 Å². The first-order valence-electron chi connectivity index (χ1n) is 5.53. The van der Waals surface area contributed by atoms with Crippen molar-refractivity contribution in [3.05, 3.63) is 52.2 Å². The van der Waals surface area contributed by atoms with Gasteiger partial charge >= 0.3 is 0 Å². The van der Waals surface area contributed by atoms with Gasteiger partial charge in [-0.2, -0.15) is 0 Å². The monoisotopic (exact) mass is 260 g/mol. The summed E-state index contributed by atoms with van der Waals surface area (Å²) in [7, 11) is 1.53. The molecule has 2 aromatic rings. The Morgan fingerprint density at radius 1 is 1.26 bits per heavy atom. The van der Waals surface area contributed by atoms with Gasteiger partial charge in [0.05, 0.1) is 18.2 Å². The third-order valence-electron chi connectivity index (χ3n) is 2.52. The maximum absolute atomic E-state index is 10.6. The first kappa shape index (κ1) is 12.8. The maximum atomic E-state index is 10.6. The summed E-state index contributed by atoms with van der Waals surface area (Å²) in [5.41, 5.74) is 0.725. The zero-order valence-electron chi connectivity index (χ0n) is 10.5. The lowest BCUT2D eigenvalue weighted by atomic mass is 10.2. The second kappa shape index (κ2) is 5.34. The number of nitro benzene ring substituents is 1. The zero-order valence-corrected chi connectivity index (χ0v) is 10.5. The van der Waals surface area contributed by atoms with Crippen LogP contribution in [0.1, 0.15) is 5.56 Å². The van der Waals surface area contributed by atoms with Crippen LogP contribution in [-0.2, 0) is 0 Å². The molecule has 0 spiro atoms. The third kappa shape index (κ3) is 2.98. The Balaban J connectivity index is 2.20. The van der Waals surface area contributed by atoms with Gasteiger partial charge in [-0.1, -0.05) is 0 Å². The largest absolute Gasteiger partial charge is 0.481 e. The molecular weight excluding hydrogens is 248 g/mol. The SMILES string of the molecule is COc1ccc(Oc2ccc([N+](=O)[O-])cc2C)cn1. The number of aromatic nitrogens is 1. The van der Waals surface area contributed by atoms with Crippen LogP contribution in [0.3, 0.4) is 0 Å². The number of ether oxygens (including phenoxy) is 2. The van der Waals surface area contributed by atoms with Gasteiger partial charge < -0.3 is 9.47 Å². The van der Waals surface area contributed by atoms with Crippen LogP contribution in [-0.4, -0.2) is 17.0 Å². The summed E-state index contributed by atoms with van der Waals surface area (Å²) >= 11 is 0. The Morgan fingerprint density at radius 2 is 2.05 bits per heavy atom. The number of non-ortho nitro benzene ring substituents is 1. The third-order valence-corrected chi connectivity index (χ3v) is 2.52. The van der Waals surface area contributed by atoms with E-state index in [0.717, 1.165) is 0 Å². The number of aryl methyl sites for hydroxylation is 1. The minimum Gasteiger partial charge on any atom is -0.481 e. The fourth-order valence-electron chi connectivity index (χ4n) is 1.54. The van der Waals surface area contributed by atoms with Gasteiger partial charge in [-0.15, -0.1) is 0 Å². The van der Waals surface area contributed by atoms with Gasteiger partial charge in [-0.05, 0) is 24.6 Å². The number of hydrogen-bond donors (Lipinski definition) is 0. The molecule has 0 amide bonds. The molecule has 1 aromatic carbocycles. The normalized spacial score (nSPS) is 10.0. The highest BCUT2D eigenvalue weighted by Gasteiger charge is 2.09. The highest BCUT2D eigenvalue weighted by Crippen LogP contribution is 2.28. The summed E-state index contributed by atoms with van der Waals surface area (Å²) in [6.07, 6.45) is 1.53. The van der Waals surface area contributed by atoms with Crippen LogP contribution in [0.4, 0.5) is 5.69 Å². The Labute approximate surface area is 109 Å². The highest BCUT2D eigenvalue weighted by atomic mass is 16.6. The number of nitro groups is 1. The Morgan fingerprint density at radius 3 is 2.58 bits per heavy atom. The summed E-state index contributed by atoms with van der Waals surface area (Å²) in [6.45, 7) is 1.75. The Kier molecular flexibility index (Phi) is 3.61. The van der Waals surface area contributed by atoms with Crippen molar-refractivity contribution in [1.82, 2.24) is 4.98 Å². The number of methoxy groups -OCH3 is 1. The lowest BCUT2D eigenvalue weighted by Crippen LogP contribution is -1.93. The molecule has 6 nitrogen and oxygen atoms in total. The molecule has 19 heavy (non-hydrogen) atoms. The molecule has 1 heterocycles. The van der Waals surface area contributed by atoms with Gasteiger partial charge in [0.1, 0.15) is 11.5 Å². The summed E-state index contributed by atoms with van der Waals surface area (Å²) < 4.78 is 10.5. The average Bonchev–Trinajstić information content (AvgIpc) is 2.41. The fourth-order valence-corrected chi connectivity index (χ4v) is 1.54. The molecule has 0 aliphatic rings. The van der Waals surface area contributed by atoms with Gasteiger partial charge in [-0.25, -0.2) is 4.98 Å². The molecule has 0 bridgehead atoms. The van der Waals surface area contributed by atoms with Crippen molar-refractivity contribution < 1.29 is 14.4 Å². The van der Waals surface area contributed by atoms with E-state index in [1.807, 2.05) is 0 Å². The van der Waals surface area contributed by atoms with Crippen LogP contribution in [0.25, 0.3) is 0 Å². The lowest BCUT2D eigenvalue weighted by Gasteiger charge is -2.08. The lowest BCUT2D eigenvalue weighted by molar-refractivity contribution is -0.384. The van der Waals surface area contributed by atoms with E-state index in [2.05, 4.69) is 4.98 Å². The molecule has 2 rings (SSSR count). The molecule has 0 radical (unpaired) electrons. The summed E-state index contributed by atoms with van der Waals surface area (Å²) in [4.78, 5) is 14.2. The van der Waals surface area contributed by atoms with Crippen molar-refractivity contribution in [3.8, 4) is 17.4 Å². The second-order valence-electron chi connectivity index (χ2n) is 3.85. The minimum absolute atomic E-state index is 0.0395. The van der Waals surface area contributed by atoms with Gasteiger partial charge in [-0.3, -0.25) is 10.1 Å². The average molecular weight is 260 g/mol. The van der Waals surface area contributed by atoms with Crippen molar-refractivity contribution in [2.45, 2.75) is 6.92 Å². The van der Waals surface area contributed by atoms with Crippen LogP contribution < -0.4 is 9.47 Å². The molecule has 0 unspecified atom stereocenters. The van der Waals surface area contributed by atoms with Crippen molar-refractivity contribution in [2.24, 2.45) is 0 Å². The zero-order chi connectivity index (χ0) is 13.8. The molecule has 0 atom stereocenters. The van der Waals surface area contributed by atoms with Crippen LogP contribution in [0.2, 0.25) is 0 Å². The molecule has 0 aliphatic heterocycles. The summed E-state index contributed by atoms with van der Waals surface area (Å²) in [5, 5.41) is 10.6. The van der Waals surface area contributed by atoms with E-state index in [9.17, 15) is 10.1 Å². The molecule has 6 heteroatoms. The molecule has 1 aromatic heterocycles. The van der Waals surface area contributed by atoms with Crippen molar-refractivity contribution in [3.63, 3.8) is 0 Å². The smallest absolute Gasteiger partial charge is 0.269 e. The van der Waals surface area contributed by atoms with Crippen molar-refractivity contribution >= 4 is 5.69 Å². The highest BCUT2D eigenvalue weighted by molar-refractivity contribution is 5.44. The summed E-state index contributed by atoms with van der Waals surface area (Å²) in [5.74, 6) is 1.59. The predicted octanol–water partition coefficient (Wildman–Crippen LogP) is 3.10. The second-order valence-corrected chi connectivity index (χ2v) is 3.85. The van der Waals surface area contributed by atoms with Crippen molar-refractivity contribution in [1.29, 1.82) is 0 Å². The van der Waals surface area contributed by atoms with E-state index in [-0.39, 0.29) is 5.69 Å². The van der Waals surface area contributed by atoms with Gasteiger partial charge in [0.2, 0.25) is 5.88 Å².